The molecular formula is C19H23N5O2. The monoisotopic (exact) mass is 353 g/mol. The Morgan fingerprint density at radius 2 is 1.65 bits per heavy atom. The molecule has 7 nitrogen and oxygen atoms in total. The second-order valence-corrected chi connectivity index (χ2v) is 6.82. The molecule has 1 aromatic heterocycles. The van der Waals surface area contributed by atoms with Gasteiger partial charge in [-0.3, -0.25) is 9.48 Å². The van der Waals surface area contributed by atoms with E-state index < -0.39 is 0 Å². The van der Waals surface area contributed by atoms with Gasteiger partial charge in [0.15, 0.2) is 5.69 Å². The number of amides is 3. The van der Waals surface area contributed by atoms with Gasteiger partial charge in [0, 0.05) is 31.9 Å². The van der Waals surface area contributed by atoms with E-state index in [1.807, 2.05) is 44.8 Å². The van der Waals surface area contributed by atoms with Gasteiger partial charge in [0.1, 0.15) is 0 Å². The third kappa shape index (κ3) is 3.42. The highest BCUT2D eigenvalue weighted by molar-refractivity contribution is 6.02. The van der Waals surface area contributed by atoms with Crippen LogP contribution >= 0.6 is 0 Å². The number of para-hydroxylation sites is 1. The summed E-state index contributed by atoms with van der Waals surface area (Å²) in [4.78, 5) is 29.0. The summed E-state index contributed by atoms with van der Waals surface area (Å²) in [5, 5.41) is 7.31. The summed E-state index contributed by atoms with van der Waals surface area (Å²) in [5.74, 6) is -0.228. The number of likely N-dealkylation sites (tertiary alicyclic amines) is 1. The van der Waals surface area contributed by atoms with Crippen LogP contribution in [0.5, 0.6) is 0 Å². The topological polar surface area (TPSA) is 70.5 Å². The quantitative estimate of drug-likeness (QED) is 0.902. The van der Waals surface area contributed by atoms with Crippen LogP contribution in [0.4, 0.5) is 10.5 Å². The molecule has 2 aliphatic rings. The fourth-order valence-electron chi connectivity index (χ4n) is 3.56. The number of anilines is 1. The van der Waals surface area contributed by atoms with Gasteiger partial charge in [-0.2, -0.15) is 5.10 Å². The molecule has 0 bridgehead atoms. The summed E-state index contributed by atoms with van der Waals surface area (Å²) in [6.45, 7) is 3.64. The number of urea groups is 1. The third-order valence-electron chi connectivity index (χ3n) is 4.93. The average Bonchev–Trinajstić information content (AvgIpc) is 3.28. The van der Waals surface area contributed by atoms with E-state index >= 15 is 0 Å². The Balaban J connectivity index is 1.48. The average molecular weight is 353 g/mol. The number of aromatic nitrogens is 2. The number of rotatable bonds is 2. The van der Waals surface area contributed by atoms with Crippen LogP contribution in [0.3, 0.4) is 0 Å². The summed E-state index contributed by atoms with van der Waals surface area (Å²) in [7, 11) is 0. The predicted molar refractivity (Wildman–Crippen MR) is 97.9 cm³/mol. The van der Waals surface area contributed by atoms with Crippen LogP contribution in [0.1, 0.15) is 35.4 Å². The summed E-state index contributed by atoms with van der Waals surface area (Å²) in [5.41, 5.74) is 2.04. The van der Waals surface area contributed by atoms with Gasteiger partial charge in [-0.25, -0.2) is 4.79 Å². The van der Waals surface area contributed by atoms with Crippen molar-refractivity contribution >= 4 is 17.6 Å². The van der Waals surface area contributed by atoms with Crippen molar-refractivity contribution in [1.82, 2.24) is 19.6 Å². The first-order valence-electron chi connectivity index (χ1n) is 9.18. The lowest BCUT2D eigenvalue weighted by Gasteiger charge is -2.26. The number of fused-ring (bicyclic) bond motifs is 1. The molecule has 0 unspecified atom stereocenters. The maximum atomic E-state index is 12.7. The zero-order chi connectivity index (χ0) is 17.9. The molecule has 1 aromatic carbocycles. The van der Waals surface area contributed by atoms with Crippen LogP contribution in [0.15, 0.2) is 36.4 Å². The standard InChI is InChI=1S/C19H23N5O2/c25-18(20-15-7-2-1-3-8-15)17-13-16-14-23(11-6-12-24(16)21-17)19(26)22-9-4-5-10-22/h1-3,7-8,13H,4-6,9-12,14H2,(H,20,25). The highest BCUT2D eigenvalue weighted by Gasteiger charge is 2.27. The molecule has 0 radical (unpaired) electrons. The van der Waals surface area contributed by atoms with Crippen molar-refractivity contribution in [1.29, 1.82) is 0 Å². The van der Waals surface area contributed by atoms with E-state index in [9.17, 15) is 9.59 Å². The lowest BCUT2D eigenvalue weighted by atomic mass is 10.3. The molecule has 2 aliphatic heterocycles. The largest absolute Gasteiger partial charge is 0.325 e. The summed E-state index contributed by atoms with van der Waals surface area (Å²) in [6.07, 6.45) is 3.01. The fourth-order valence-corrected chi connectivity index (χ4v) is 3.56. The molecule has 0 saturated carbocycles. The molecule has 136 valence electrons. The molecular weight excluding hydrogens is 330 g/mol. The van der Waals surface area contributed by atoms with Crippen molar-refractivity contribution in [3.8, 4) is 0 Å². The second-order valence-electron chi connectivity index (χ2n) is 6.82. The molecule has 2 aromatic rings. The predicted octanol–water partition coefficient (Wildman–Crippen LogP) is 2.56. The number of hydrogen-bond donors (Lipinski definition) is 1. The Labute approximate surface area is 152 Å². The minimum atomic E-state index is -0.228. The van der Waals surface area contributed by atoms with Gasteiger partial charge in [-0.05, 0) is 37.5 Å². The van der Waals surface area contributed by atoms with Crippen LogP contribution in [0.2, 0.25) is 0 Å². The molecule has 3 heterocycles. The number of aryl methyl sites for hydroxylation is 1. The Hall–Kier alpha value is -2.83. The van der Waals surface area contributed by atoms with Gasteiger partial charge in [-0.1, -0.05) is 18.2 Å². The van der Waals surface area contributed by atoms with E-state index in [1.165, 1.54) is 0 Å². The zero-order valence-corrected chi connectivity index (χ0v) is 14.7. The first-order chi connectivity index (χ1) is 12.7. The van der Waals surface area contributed by atoms with Gasteiger partial charge >= 0.3 is 6.03 Å². The number of nitrogens with zero attached hydrogens (tertiary/aromatic N) is 4. The van der Waals surface area contributed by atoms with Crippen LogP contribution < -0.4 is 5.32 Å². The smallest absolute Gasteiger partial charge is 0.320 e. The van der Waals surface area contributed by atoms with Crippen molar-refractivity contribution in [2.45, 2.75) is 32.4 Å². The Kier molecular flexibility index (Phi) is 4.60. The first-order valence-corrected chi connectivity index (χ1v) is 9.18. The maximum absolute atomic E-state index is 12.7. The lowest BCUT2D eigenvalue weighted by Crippen LogP contribution is -2.41. The molecule has 4 rings (SSSR count). The van der Waals surface area contributed by atoms with Gasteiger partial charge in [0.05, 0.1) is 12.2 Å². The molecule has 1 fully saturated rings. The van der Waals surface area contributed by atoms with E-state index in [-0.39, 0.29) is 11.9 Å². The molecule has 1 N–H and O–H groups in total. The molecule has 0 spiro atoms. The summed E-state index contributed by atoms with van der Waals surface area (Å²) in [6, 6.07) is 11.2. The van der Waals surface area contributed by atoms with Gasteiger partial charge in [0.25, 0.3) is 5.91 Å². The maximum Gasteiger partial charge on any atom is 0.320 e. The second kappa shape index (κ2) is 7.19. The first kappa shape index (κ1) is 16.6. The Morgan fingerprint density at radius 3 is 2.42 bits per heavy atom. The molecule has 3 amide bonds. The Bertz CT molecular complexity index is 796. The molecule has 1 saturated heterocycles. The zero-order valence-electron chi connectivity index (χ0n) is 14.7. The molecule has 0 aliphatic carbocycles. The van der Waals surface area contributed by atoms with Crippen LogP contribution in [-0.2, 0) is 13.1 Å². The van der Waals surface area contributed by atoms with Gasteiger partial charge in [-0.15, -0.1) is 0 Å². The van der Waals surface area contributed by atoms with E-state index in [4.69, 9.17) is 0 Å². The number of nitrogens with one attached hydrogen (secondary N) is 1. The van der Waals surface area contributed by atoms with Crippen molar-refractivity contribution in [2.75, 3.05) is 25.0 Å². The van der Waals surface area contributed by atoms with Crippen molar-refractivity contribution in [3.05, 3.63) is 47.8 Å². The number of benzene rings is 1. The van der Waals surface area contributed by atoms with Crippen LogP contribution in [0.25, 0.3) is 0 Å². The summed E-state index contributed by atoms with van der Waals surface area (Å²) >= 11 is 0. The van der Waals surface area contributed by atoms with E-state index in [0.29, 0.717) is 12.2 Å². The minimum absolute atomic E-state index is 0.104. The number of carbonyl (C=O) groups is 2. The van der Waals surface area contributed by atoms with E-state index in [2.05, 4.69) is 10.4 Å². The Morgan fingerprint density at radius 1 is 0.923 bits per heavy atom. The molecule has 26 heavy (non-hydrogen) atoms. The minimum Gasteiger partial charge on any atom is -0.325 e. The van der Waals surface area contributed by atoms with E-state index in [1.54, 1.807) is 6.07 Å². The third-order valence-corrected chi connectivity index (χ3v) is 4.93. The number of hydrogen-bond acceptors (Lipinski definition) is 3. The molecule has 7 heteroatoms. The van der Waals surface area contributed by atoms with Crippen LogP contribution in [0, 0.1) is 0 Å². The highest BCUT2D eigenvalue weighted by Crippen LogP contribution is 2.18. The molecule has 0 atom stereocenters. The highest BCUT2D eigenvalue weighted by atomic mass is 16.2. The normalized spacial score (nSPS) is 16.9. The van der Waals surface area contributed by atoms with E-state index in [0.717, 1.165) is 56.8 Å². The van der Waals surface area contributed by atoms with Crippen molar-refractivity contribution in [2.24, 2.45) is 0 Å². The van der Waals surface area contributed by atoms with Gasteiger partial charge in [0.2, 0.25) is 0 Å². The SMILES string of the molecule is O=C(Nc1ccccc1)c1cc2n(n1)CCCN(C(=O)N1CCCC1)C2. The van der Waals surface area contributed by atoms with Crippen molar-refractivity contribution in [3.63, 3.8) is 0 Å². The van der Waals surface area contributed by atoms with Crippen LogP contribution in [-0.4, -0.2) is 51.2 Å². The fraction of sp³-hybridized carbons (Fsp3) is 0.421. The lowest BCUT2D eigenvalue weighted by molar-refractivity contribution is 0.102. The summed E-state index contributed by atoms with van der Waals surface area (Å²) < 4.78 is 1.86. The van der Waals surface area contributed by atoms with Gasteiger partial charge < -0.3 is 15.1 Å². The number of carbonyl (C=O) groups excluding carboxylic acids is 2. The van der Waals surface area contributed by atoms with Crippen molar-refractivity contribution < 1.29 is 9.59 Å².